The number of aromatic nitrogens is 1. The van der Waals surface area contributed by atoms with Gasteiger partial charge >= 0.3 is 0 Å². The van der Waals surface area contributed by atoms with Gasteiger partial charge in [-0.2, -0.15) is 0 Å². The number of carbonyl (C=O) groups is 1. The highest BCUT2D eigenvalue weighted by molar-refractivity contribution is 5.84. The van der Waals surface area contributed by atoms with Crippen molar-refractivity contribution in [2.24, 2.45) is 11.1 Å². The van der Waals surface area contributed by atoms with Crippen molar-refractivity contribution in [2.75, 3.05) is 0 Å². The van der Waals surface area contributed by atoms with Gasteiger partial charge in [-0.05, 0) is 18.1 Å². The SMILES string of the molecule is CC(Cc1c[nH]c2ccccc12)C(=O)N=O. The van der Waals surface area contributed by atoms with Crippen molar-refractivity contribution in [3.63, 3.8) is 0 Å². The number of carbonyl (C=O) groups excluding carboxylic acids is 1. The lowest BCUT2D eigenvalue weighted by Crippen LogP contribution is -2.10. The van der Waals surface area contributed by atoms with Gasteiger partial charge in [0, 0.05) is 28.2 Å². The minimum atomic E-state index is -0.592. The number of hydrogen-bond acceptors (Lipinski definition) is 2. The summed E-state index contributed by atoms with van der Waals surface area (Å²) >= 11 is 0. The zero-order valence-electron chi connectivity index (χ0n) is 8.93. The quantitative estimate of drug-likeness (QED) is 0.801. The molecule has 4 heteroatoms. The van der Waals surface area contributed by atoms with E-state index in [1.54, 1.807) is 6.92 Å². The highest BCUT2D eigenvalue weighted by Crippen LogP contribution is 2.20. The van der Waals surface area contributed by atoms with Crippen LogP contribution in [0.4, 0.5) is 0 Å². The molecule has 2 rings (SSSR count). The number of fused-ring (bicyclic) bond motifs is 1. The van der Waals surface area contributed by atoms with Crippen LogP contribution in [-0.4, -0.2) is 10.9 Å². The molecular formula is C12H12N2O2. The van der Waals surface area contributed by atoms with Gasteiger partial charge < -0.3 is 4.98 Å². The number of aromatic amines is 1. The van der Waals surface area contributed by atoms with Gasteiger partial charge in [-0.1, -0.05) is 25.1 Å². The molecular weight excluding hydrogens is 204 g/mol. The number of rotatable bonds is 3. The third-order valence-electron chi connectivity index (χ3n) is 2.71. The van der Waals surface area contributed by atoms with E-state index in [1.165, 1.54) is 0 Å². The van der Waals surface area contributed by atoms with Crippen molar-refractivity contribution >= 4 is 16.8 Å². The minimum absolute atomic E-state index is 0.364. The highest BCUT2D eigenvalue weighted by Gasteiger charge is 2.15. The van der Waals surface area contributed by atoms with E-state index in [-0.39, 0.29) is 5.92 Å². The summed E-state index contributed by atoms with van der Waals surface area (Å²) in [6, 6.07) is 7.87. The van der Waals surface area contributed by atoms with Crippen molar-refractivity contribution in [3.05, 3.63) is 40.9 Å². The van der Waals surface area contributed by atoms with Gasteiger partial charge in [-0.3, -0.25) is 4.79 Å². The zero-order chi connectivity index (χ0) is 11.5. The molecule has 0 saturated heterocycles. The summed E-state index contributed by atoms with van der Waals surface area (Å²) in [5.41, 5.74) is 2.08. The summed E-state index contributed by atoms with van der Waals surface area (Å²) in [5.74, 6) is -0.956. The highest BCUT2D eigenvalue weighted by atomic mass is 16.3. The summed E-state index contributed by atoms with van der Waals surface area (Å²) in [6.07, 6.45) is 2.41. The van der Waals surface area contributed by atoms with Crippen molar-refractivity contribution in [3.8, 4) is 0 Å². The van der Waals surface area contributed by atoms with Gasteiger partial charge in [-0.25, -0.2) is 0 Å². The number of para-hydroxylation sites is 1. The molecule has 0 bridgehead atoms. The summed E-state index contributed by atoms with van der Waals surface area (Å²) in [4.78, 5) is 24.3. The first-order valence-corrected chi connectivity index (χ1v) is 5.14. The Hall–Kier alpha value is -1.97. The van der Waals surface area contributed by atoms with Crippen LogP contribution in [0.1, 0.15) is 12.5 Å². The number of H-pyrrole nitrogens is 1. The molecule has 1 unspecified atom stereocenters. The van der Waals surface area contributed by atoms with Crippen LogP contribution in [0.25, 0.3) is 10.9 Å². The molecule has 16 heavy (non-hydrogen) atoms. The number of nitrogens with zero attached hydrogens (tertiary/aromatic N) is 1. The van der Waals surface area contributed by atoms with Gasteiger partial charge in [0.2, 0.25) is 0 Å². The fourth-order valence-corrected chi connectivity index (χ4v) is 1.81. The molecule has 2 aromatic rings. The van der Waals surface area contributed by atoms with Crippen LogP contribution in [0.3, 0.4) is 0 Å². The van der Waals surface area contributed by atoms with E-state index >= 15 is 0 Å². The molecule has 0 radical (unpaired) electrons. The molecule has 82 valence electrons. The van der Waals surface area contributed by atoms with Crippen molar-refractivity contribution in [1.82, 2.24) is 4.98 Å². The largest absolute Gasteiger partial charge is 0.361 e. The van der Waals surface area contributed by atoms with Crippen LogP contribution < -0.4 is 0 Å². The average Bonchev–Trinajstić information content (AvgIpc) is 2.72. The monoisotopic (exact) mass is 216 g/mol. The molecule has 1 atom stereocenters. The molecule has 1 heterocycles. The fourth-order valence-electron chi connectivity index (χ4n) is 1.81. The average molecular weight is 216 g/mol. The predicted octanol–water partition coefficient (Wildman–Crippen LogP) is 2.64. The zero-order valence-corrected chi connectivity index (χ0v) is 8.93. The first kappa shape index (κ1) is 10.5. The number of nitroso groups, excluding NO2 is 1. The van der Waals surface area contributed by atoms with Gasteiger partial charge in [0.25, 0.3) is 5.91 Å². The number of nitrogens with one attached hydrogen (secondary N) is 1. The number of amides is 1. The Morgan fingerprint density at radius 3 is 2.94 bits per heavy atom. The third kappa shape index (κ3) is 1.86. The first-order valence-electron chi connectivity index (χ1n) is 5.14. The van der Waals surface area contributed by atoms with Crippen molar-refractivity contribution in [1.29, 1.82) is 0 Å². The lowest BCUT2D eigenvalue weighted by Gasteiger charge is -2.03. The Morgan fingerprint density at radius 2 is 2.19 bits per heavy atom. The van der Waals surface area contributed by atoms with E-state index in [9.17, 15) is 9.70 Å². The van der Waals surface area contributed by atoms with Gasteiger partial charge in [0.05, 0.1) is 0 Å². The molecule has 1 N–H and O–H groups in total. The maximum atomic E-state index is 11.1. The standard InChI is InChI=1S/C12H12N2O2/c1-8(12(15)14-16)6-9-7-13-11-5-3-2-4-10(9)11/h2-5,7-8,13H,6H2,1H3. The van der Waals surface area contributed by atoms with Gasteiger partial charge in [0.1, 0.15) is 0 Å². The molecule has 4 nitrogen and oxygen atoms in total. The van der Waals surface area contributed by atoms with Crippen molar-refractivity contribution < 1.29 is 4.79 Å². The summed E-state index contributed by atoms with van der Waals surface area (Å²) in [5, 5.41) is 3.54. The molecule has 0 fully saturated rings. The summed E-state index contributed by atoms with van der Waals surface area (Å²) < 4.78 is 0. The van der Waals surface area contributed by atoms with E-state index in [0.29, 0.717) is 6.42 Å². The van der Waals surface area contributed by atoms with Gasteiger partial charge in [-0.15, -0.1) is 4.91 Å². The van der Waals surface area contributed by atoms with Crippen LogP contribution in [0.15, 0.2) is 35.6 Å². The molecule has 0 spiro atoms. The van der Waals surface area contributed by atoms with E-state index in [1.807, 2.05) is 30.5 Å². The Bertz CT molecular complexity index is 531. The second-order valence-corrected chi connectivity index (χ2v) is 3.89. The topological polar surface area (TPSA) is 62.3 Å². The normalized spacial score (nSPS) is 12.6. The number of hydrogen-bond donors (Lipinski definition) is 1. The summed E-state index contributed by atoms with van der Waals surface area (Å²) in [7, 11) is 0. The van der Waals surface area contributed by atoms with Crippen LogP contribution in [0.2, 0.25) is 0 Å². The second kappa shape index (κ2) is 4.26. The van der Waals surface area contributed by atoms with Crippen molar-refractivity contribution in [2.45, 2.75) is 13.3 Å². The van der Waals surface area contributed by atoms with Crippen LogP contribution in [-0.2, 0) is 11.2 Å². The van der Waals surface area contributed by atoms with Crippen LogP contribution in [0.5, 0.6) is 0 Å². The molecule has 1 aromatic carbocycles. The predicted molar refractivity (Wildman–Crippen MR) is 62.0 cm³/mol. The minimum Gasteiger partial charge on any atom is -0.361 e. The Balaban J connectivity index is 2.28. The maximum absolute atomic E-state index is 11.1. The number of benzene rings is 1. The Morgan fingerprint density at radius 1 is 1.44 bits per heavy atom. The lowest BCUT2D eigenvalue weighted by atomic mass is 10.0. The van der Waals surface area contributed by atoms with E-state index in [0.717, 1.165) is 16.5 Å². The molecule has 1 amide bonds. The second-order valence-electron chi connectivity index (χ2n) is 3.89. The fraction of sp³-hybridized carbons (Fsp3) is 0.250. The Kier molecular flexibility index (Phi) is 2.81. The lowest BCUT2D eigenvalue weighted by molar-refractivity contribution is -0.121. The summed E-state index contributed by atoms with van der Waals surface area (Å²) in [6.45, 7) is 1.71. The molecule has 0 saturated carbocycles. The molecule has 0 aliphatic heterocycles. The van der Waals surface area contributed by atoms with E-state index < -0.39 is 5.91 Å². The molecule has 0 aliphatic rings. The molecule has 0 aliphatic carbocycles. The van der Waals surface area contributed by atoms with Crippen LogP contribution in [0, 0.1) is 10.8 Å². The smallest absolute Gasteiger partial charge is 0.289 e. The molecule has 1 aromatic heterocycles. The van der Waals surface area contributed by atoms with E-state index in [4.69, 9.17) is 0 Å². The van der Waals surface area contributed by atoms with Crippen LogP contribution >= 0.6 is 0 Å². The van der Waals surface area contributed by atoms with Gasteiger partial charge in [0.15, 0.2) is 0 Å². The van der Waals surface area contributed by atoms with E-state index in [2.05, 4.69) is 10.2 Å². The first-order chi connectivity index (χ1) is 7.72. The Labute approximate surface area is 92.6 Å². The third-order valence-corrected chi connectivity index (χ3v) is 2.71. The maximum Gasteiger partial charge on any atom is 0.289 e.